The summed E-state index contributed by atoms with van der Waals surface area (Å²) in [7, 11) is 0.385. The first kappa shape index (κ1) is 48.6. The number of carbonyl (C=O) groups is 2. The third-order valence-electron chi connectivity index (χ3n) is 9.89. The van der Waals surface area contributed by atoms with Gasteiger partial charge < -0.3 is 39.1 Å². The molecule has 1 aromatic heterocycles. The number of aliphatic carboxylic acids is 2. The molecule has 2 heterocycles. The average molecular weight is 843 g/mol. The smallest absolute Gasteiger partial charge is 0.550 e. The van der Waals surface area contributed by atoms with Crippen LogP contribution in [-0.2, 0) is 47.8 Å². The Morgan fingerprint density at radius 1 is 0.679 bits per heavy atom. The van der Waals surface area contributed by atoms with Crippen molar-refractivity contribution >= 4 is 19.9 Å². The van der Waals surface area contributed by atoms with E-state index in [1.165, 1.54) is 60.2 Å². The van der Waals surface area contributed by atoms with Gasteiger partial charge in [-0.25, -0.2) is 0 Å². The summed E-state index contributed by atoms with van der Waals surface area (Å²) in [6.45, 7) is 5.67. The molecule has 8 nitrogen and oxygen atoms in total. The minimum atomic E-state index is -1.08. The van der Waals surface area contributed by atoms with E-state index in [0.29, 0.717) is 7.92 Å². The first-order chi connectivity index (χ1) is 24.8. The molecule has 1 saturated heterocycles. The number of nitrogens with zero attached hydrogens (tertiary/aromatic N) is 2. The Morgan fingerprint density at radius 2 is 1.06 bits per heavy atom. The maximum atomic E-state index is 8.89. The summed E-state index contributed by atoms with van der Waals surface area (Å²) < 4.78 is 9.11. The second-order valence-electron chi connectivity index (χ2n) is 14.3. The molecule has 0 bridgehead atoms. The van der Waals surface area contributed by atoms with Crippen molar-refractivity contribution in [3.05, 3.63) is 90.5 Å². The van der Waals surface area contributed by atoms with E-state index < -0.39 is 11.9 Å². The molecule has 4 fully saturated rings. The molecular formula is C43H65N2O6PPd. The average Bonchev–Trinajstić information content (AvgIpc) is 3.87. The van der Waals surface area contributed by atoms with Gasteiger partial charge in [0.1, 0.15) is 0 Å². The monoisotopic (exact) mass is 842 g/mol. The second-order valence-corrected chi connectivity index (χ2v) is 17.3. The molecule has 0 spiro atoms. The fourth-order valence-corrected chi connectivity index (χ4v) is 12.3. The van der Waals surface area contributed by atoms with Crippen LogP contribution in [0.5, 0.6) is 0 Å². The molecule has 3 saturated carbocycles. The topological polar surface area (TPSA) is 130 Å². The van der Waals surface area contributed by atoms with Crippen molar-refractivity contribution in [1.82, 2.24) is 4.57 Å². The van der Waals surface area contributed by atoms with Gasteiger partial charge in [-0.1, -0.05) is 126 Å². The molecule has 298 valence electrons. The molecule has 10 heteroatoms. The van der Waals surface area contributed by atoms with Crippen molar-refractivity contribution in [3.63, 3.8) is 0 Å². The minimum Gasteiger partial charge on any atom is -0.550 e. The number of ether oxygens (including phenoxy) is 1. The van der Waals surface area contributed by atoms with Crippen molar-refractivity contribution in [3.8, 4) is 0 Å². The van der Waals surface area contributed by atoms with Gasteiger partial charge in [-0.05, 0) is 106 Å². The molecule has 2 aromatic carbocycles. The molecule has 0 radical (unpaired) electrons. The molecule has 4 aliphatic rings. The largest absolute Gasteiger partial charge is 2.00 e. The number of imidazole rings is 1. The van der Waals surface area contributed by atoms with E-state index in [2.05, 4.69) is 76.4 Å². The van der Waals surface area contributed by atoms with Gasteiger partial charge in [0.05, 0.1) is 13.1 Å². The van der Waals surface area contributed by atoms with E-state index in [1.54, 1.807) is 77.0 Å². The van der Waals surface area contributed by atoms with Crippen LogP contribution in [0.25, 0.3) is 0 Å². The first-order valence-corrected chi connectivity index (χ1v) is 21.1. The Labute approximate surface area is 334 Å². The van der Waals surface area contributed by atoms with Crippen molar-refractivity contribution in [2.45, 2.75) is 153 Å². The Kier molecular flexibility index (Phi) is 27.4. The van der Waals surface area contributed by atoms with Gasteiger partial charge in [0.25, 0.3) is 0 Å². The number of carboxylic acids is 2. The van der Waals surface area contributed by atoms with Gasteiger partial charge in [-0.15, -0.1) is 0 Å². The molecule has 0 unspecified atom stereocenters. The van der Waals surface area contributed by atoms with E-state index in [0.717, 1.165) is 40.2 Å². The van der Waals surface area contributed by atoms with Crippen molar-refractivity contribution < 1.29 is 55.0 Å². The number of rotatable bonds is 7. The fraction of sp³-hybridized carbons (Fsp3) is 0.605. The molecule has 7 rings (SSSR count). The zero-order valence-corrected chi connectivity index (χ0v) is 34.7. The van der Waals surface area contributed by atoms with E-state index in [1.807, 2.05) is 12.1 Å². The Bertz CT molecular complexity index is 1200. The van der Waals surface area contributed by atoms with E-state index in [-0.39, 0.29) is 25.9 Å². The molecule has 0 atom stereocenters. The summed E-state index contributed by atoms with van der Waals surface area (Å²) in [5.41, 5.74) is 6.15. The normalized spacial score (nSPS) is 17.3. The van der Waals surface area contributed by atoms with Crippen molar-refractivity contribution in [2.24, 2.45) is 0 Å². The molecule has 1 aliphatic heterocycles. The number of hydrogen-bond donors (Lipinski definition) is 0. The standard InChI is InChI=1S/C18H33P.C17H16N2.C4H8O.2C2H4O2.H2O.Pd/c1-4-10-16(11-5-1)19(17-12-6-2-7-13-17)18-14-8-3-9-15-18;1-3-7-16(8-4-1)13-18-11-12-19(15-18)14-17-9-5-2-6-10-17;1-2-4-5-3-1;2*1-2(3)4;;/h16-18H,1-15H2;1-12H,13-14H2;1-4H2;2*1H3,(H,3,4);1H2;/q;;;;;;+2/p-2. The molecule has 3 aliphatic carbocycles. The molecule has 0 amide bonds. The van der Waals surface area contributed by atoms with Gasteiger partial charge in [0.2, 0.25) is 6.33 Å². The summed E-state index contributed by atoms with van der Waals surface area (Å²) in [6.07, 6.45) is 33.6. The minimum absolute atomic E-state index is 0. The number of hydrogen-bond acceptors (Lipinski definition) is 5. The Morgan fingerprint density at radius 3 is 1.42 bits per heavy atom. The van der Waals surface area contributed by atoms with Gasteiger partial charge in [0.15, 0.2) is 0 Å². The Hall–Kier alpha value is -2.40. The summed E-state index contributed by atoms with van der Waals surface area (Å²) in [4.78, 5) is 17.8. The second kappa shape index (κ2) is 29.9. The van der Waals surface area contributed by atoms with Crippen LogP contribution in [0.1, 0.15) is 134 Å². The molecule has 53 heavy (non-hydrogen) atoms. The van der Waals surface area contributed by atoms with Crippen LogP contribution in [0.4, 0.5) is 0 Å². The van der Waals surface area contributed by atoms with Gasteiger partial charge in [0, 0.05) is 25.2 Å². The van der Waals surface area contributed by atoms with Gasteiger partial charge in [-0.2, -0.15) is 0 Å². The molecular weight excluding hydrogens is 778 g/mol. The van der Waals surface area contributed by atoms with Crippen LogP contribution in [0.3, 0.4) is 0 Å². The van der Waals surface area contributed by atoms with Crippen LogP contribution in [0.2, 0.25) is 0 Å². The Balaban J connectivity index is 0.000000387. The zero-order chi connectivity index (χ0) is 36.5. The third kappa shape index (κ3) is 21.9. The van der Waals surface area contributed by atoms with Crippen molar-refractivity contribution in [1.29, 1.82) is 0 Å². The van der Waals surface area contributed by atoms with Crippen LogP contribution < -0.4 is 14.8 Å². The summed E-state index contributed by atoms with van der Waals surface area (Å²) >= 11 is 0. The number of aromatic nitrogens is 2. The predicted molar refractivity (Wildman–Crippen MR) is 207 cm³/mol. The van der Waals surface area contributed by atoms with E-state index >= 15 is 0 Å². The number of carbonyl (C=O) groups excluding carboxylic acids is 2. The SMILES string of the molecule is C1CCC(P(C2CCCCC2)C2CCCCC2)CC1.C1CCOC1.CC(=O)[O-].CC(=O)[O-].O.[Pd+2].[c-]1n(Cc2ccccc2)cc[n+]1Cc1ccccc1. The first-order valence-electron chi connectivity index (χ1n) is 19.6. The summed E-state index contributed by atoms with van der Waals surface area (Å²) in [5, 5.41) is 17.8. The third-order valence-corrected chi connectivity index (χ3v) is 14.0. The van der Waals surface area contributed by atoms with E-state index in [9.17, 15) is 0 Å². The maximum Gasteiger partial charge on any atom is 2.00 e. The van der Waals surface area contributed by atoms with Crippen LogP contribution in [-0.4, -0.2) is 52.2 Å². The van der Waals surface area contributed by atoms with Crippen LogP contribution in [0, 0.1) is 6.33 Å². The van der Waals surface area contributed by atoms with E-state index in [4.69, 9.17) is 24.5 Å². The van der Waals surface area contributed by atoms with Gasteiger partial charge in [-0.3, -0.25) is 0 Å². The summed E-state index contributed by atoms with van der Waals surface area (Å²) in [5.74, 6) is -2.17. The number of benzene rings is 2. The van der Waals surface area contributed by atoms with Crippen LogP contribution >= 0.6 is 7.92 Å². The fourth-order valence-electron chi connectivity index (χ4n) is 7.67. The number of carboxylic acid groups (broad SMARTS) is 2. The maximum absolute atomic E-state index is 8.89. The molecule has 2 N–H and O–H groups in total. The van der Waals surface area contributed by atoms with Crippen LogP contribution in [0.15, 0.2) is 73.1 Å². The summed E-state index contributed by atoms with van der Waals surface area (Å²) in [6, 6.07) is 20.9. The quantitative estimate of drug-likeness (QED) is 0.114. The molecule has 3 aromatic rings. The zero-order valence-electron chi connectivity index (χ0n) is 32.2. The predicted octanol–water partition coefficient (Wildman–Crippen LogP) is 6.62. The van der Waals surface area contributed by atoms with Crippen molar-refractivity contribution in [2.75, 3.05) is 13.2 Å². The van der Waals surface area contributed by atoms with Gasteiger partial charge >= 0.3 is 20.4 Å².